The van der Waals surface area contributed by atoms with Crippen LogP contribution in [0.4, 0.5) is 0 Å². The highest BCUT2D eigenvalue weighted by atomic mass is 35.5. The lowest BCUT2D eigenvalue weighted by molar-refractivity contribution is 0.338. The van der Waals surface area contributed by atoms with Gasteiger partial charge in [-0.05, 0) is 19.4 Å². The van der Waals surface area contributed by atoms with Crippen molar-refractivity contribution in [3.05, 3.63) is 16.7 Å². The third kappa shape index (κ3) is 2.22. The summed E-state index contributed by atoms with van der Waals surface area (Å²) in [5.41, 5.74) is 0.946. The fourth-order valence-corrected chi connectivity index (χ4v) is 2.71. The summed E-state index contributed by atoms with van der Waals surface area (Å²) < 4.78 is 16.2. The van der Waals surface area contributed by atoms with Crippen molar-refractivity contribution in [1.29, 1.82) is 0 Å². The van der Waals surface area contributed by atoms with Gasteiger partial charge in [0.1, 0.15) is 5.75 Å². The number of halogens is 1. The van der Waals surface area contributed by atoms with Crippen molar-refractivity contribution in [2.24, 2.45) is 0 Å². The molecule has 1 fully saturated rings. The van der Waals surface area contributed by atoms with Crippen LogP contribution in [0.15, 0.2) is 6.07 Å². The highest BCUT2D eigenvalue weighted by molar-refractivity contribution is 6.32. The molecule has 0 aliphatic carbocycles. The molecular weight excluding hydrogens is 254 g/mol. The molecule has 18 heavy (non-hydrogen) atoms. The molecule has 100 valence electrons. The fraction of sp³-hybridized carbons (Fsp3) is 0.538. The zero-order valence-electron chi connectivity index (χ0n) is 10.9. The van der Waals surface area contributed by atoms with Crippen LogP contribution >= 0.6 is 11.6 Å². The quantitative estimate of drug-likeness (QED) is 0.914. The average molecular weight is 272 g/mol. The highest BCUT2D eigenvalue weighted by Gasteiger charge is 2.28. The molecule has 1 aromatic carbocycles. The van der Waals surface area contributed by atoms with Gasteiger partial charge in [0.25, 0.3) is 0 Å². The highest BCUT2D eigenvalue weighted by Crippen LogP contribution is 2.47. The molecule has 2 rings (SSSR count). The molecule has 1 aliphatic heterocycles. The van der Waals surface area contributed by atoms with Crippen molar-refractivity contribution >= 4 is 11.6 Å². The van der Waals surface area contributed by atoms with Crippen molar-refractivity contribution in [2.75, 3.05) is 27.9 Å². The van der Waals surface area contributed by atoms with Crippen molar-refractivity contribution in [3.63, 3.8) is 0 Å². The number of hydrogen-bond donors (Lipinski definition) is 1. The van der Waals surface area contributed by atoms with E-state index in [1.807, 2.05) is 0 Å². The van der Waals surface area contributed by atoms with E-state index in [0.717, 1.165) is 24.9 Å². The molecule has 4 nitrogen and oxygen atoms in total. The van der Waals surface area contributed by atoms with Crippen LogP contribution in [0.1, 0.15) is 24.4 Å². The van der Waals surface area contributed by atoms with Crippen LogP contribution in [0, 0.1) is 0 Å². The van der Waals surface area contributed by atoms with E-state index < -0.39 is 0 Å². The first-order valence-electron chi connectivity index (χ1n) is 5.94. The van der Waals surface area contributed by atoms with Crippen LogP contribution in [0.25, 0.3) is 0 Å². The number of methoxy groups -OCH3 is 3. The number of ether oxygens (including phenoxy) is 3. The summed E-state index contributed by atoms with van der Waals surface area (Å²) in [7, 11) is 4.85. The maximum Gasteiger partial charge on any atom is 0.169 e. The minimum absolute atomic E-state index is 0.197. The van der Waals surface area contributed by atoms with Crippen LogP contribution < -0.4 is 19.5 Å². The summed E-state index contributed by atoms with van der Waals surface area (Å²) >= 11 is 6.23. The molecule has 1 aromatic rings. The zero-order chi connectivity index (χ0) is 13.1. The molecule has 0 aromatic heterocycles. The van der Waals surface area contributed by atoms with Crippen LogP contribution in [-0.2, 0) is 0 Å². The van der Waals surface area contributed by atoms with Crippen molar-refractivity contribution < 1.29 is 14.2 Å². The minimum atomic E-state index is 0.197. The van der Waals surface area contributed by atoms with Crippen molar-refractivity contribution in [1.82, 2.24) is 5.32 Å². The summed E-state index contributed by atoms with van der Waals surface area (Å²) in [6.45, 7) is 0.992. The molecule has 5 heteroatoms. The fourth-order valence-electron chi connectivity index (χ4n) is 2.43. The standard InChI is InChI=1S/C13H18ClNO3/c1-16-10-7-8(14)12(17-2)11(13(10)18-3)9-5-4-6-15-9/h7,9,15H,4-6H2,1-3H3. The van der Waals surface area contributed by atoms with Crippen LogP contribution in [0.3, 0.4) is 0 Å². The SMILES string of the molecule is COc1cc(Cl)c(OC)c(C2CCCN2)c1OC. The second kappa shape index (κ2) is 5.67. The molecule has 0 amide bonds. The van der Waals surface area contributed by atoms with Crippen molar-refractivity contribution in [2.45, 2.75) is 18.9 Å². The van der Waals surface area contributed by atoms with Gasteiger partial charge in [-0.1, -0.05) is 11.6 Å². The molecule has 0 radical (unpaired) electrons. The number of hydrogen-bond acceptors (Lipinski definition) is 4. The van der Waals surface area contributed by atoms with E-state index in [2.05, 4.69) is 5.32 Å². The first kappa shape index (κ1) is 13.3. The molecule has 0 spiro atoms. The maximum absolute atomic E-state index is 6.23. The van der Waals surface area contributed by atoms with E-state index in [4.69, 9.17) is 25.8 Å². The van der Waals surface area contributed by atoms with Gasteiger partial charge in [-0.3, -0.25) is 0 Å². The molecule has 0 saturated carbocycles. The number of rotatable bonds is 4. The molecule has 1 atom stereocenters. The van der Waals surface area contributed by atoms with Crippen LogP contribution in [-0.4, -0.2) is 27.9 Å². The van der Waals surface area contributed by atoms with E-state index >= 15 is 0 Å². The Labute approximate surface area is 112 Å². The van der Waals surface area contributed by atoms with Gasteiger partial charge in [0.15, 0.2) is 11.5 Å². The Morgan fingerprint density at radius 1 is 1.17 bits per heavy atom. The normalized spacial score (nSPS) is 18.8. The summed E-state index contributed by atoms with van der Waals surface area (Å²) in [5, 5.41) is 3.97. The van der Waals surface area contributed by atoms with Gasteiger partial charge in [-0.25, -0.2) is 0 Å². The van der Waals surface area contributed by atoms with E-state index in [-0.39, 0.29) is 6.04 Å². The average Bonchev–Trinajstić information content (AvgIpc) is 2.90. The summed E-state index contributed by atoms with van der Waals surface area (Å²) in [6, 6.07) is 1.92. The van der Waals surface area contributed by atoms with E-state index in [1.165, 1.54) is 0 Å². The number of nitrogens with one attached hydrogen (secondary N) is 1. The Hall–Kier alpha value is -1.13. The summed E-state index contributed by atoms with van der Waals surface area (Å²) in [6.07, 6.45) is 2.17. The van der Waals surface area contributed by atoms with Gasteiger partial charge < -0.3 is 19.5 Å². The molecule has 0 bridgehead atoms. The second-order valence-electron chi connectivity index (χ2n) is 4.19. The Bertz CT molecular complexity index is 431. The van der Waals surface area contributed by atoms with Crippen molar-refractivity contribution in [3.8, 4) is 17.2 Å². The molecule has 1 aliphatic rings. The molecule has 1 saturated heterocycles. The molecule has 1 N–H and O–H groups in total. The summed E-state index contributed by atoms with van der Waals surface area (Å²) in [5.74, 6) is 1.99. The van der Waals surface area contributed by atoms with E-state index in [9.17, 15) is 0 Å². The van der Waals surface area contributed by atoms with Crippen LogP contribution in [0.2, 0.25) is 5.02 Å². The van der Waals surface area contributed by atoms with Gasteiger partial charge in [0, 0.05) is 12.1 Å². The van der Waals surface area contributed by atoms with Crippen LogP contribution in [0.5, 0.6) is 17.2 Å². The lowest BCUT2D eigenvalue weighted by atomic mass is 10.0. The maximum atomic E-state index is 6.23. The lowest BCUT2D eigenvalue weighted by Gasteiger charge is -2.21. The third-order valence-corrected chi connectivity index (χ3v) is 3.51. The van der Waals surface area contributed by atoms with E-state index in [1.54, 1.807) is 27.4 Å². The lowest BCUT2D eigenvalue weighted by Crippen LogP contribution is -2.15. The monoisotopic (exact) mass is 271 g/mol. The third-order valence-electron chi connectivity index (χ3n) is 3.22. The first-order chi connectivity index (χ1) is 8.72. The smallest absolute Gasteiger partial charge is 0.169 e. The Morgan fingerprint density at radius 2 is 1.89 bits per heavy atom. The van der Waals surface area contributed by atoms with Gasteiger partial charge in [0.2, 0.25) is 0 Å². The van der Waals surface area contributed by atoms with E-state index in [0.29, 0.717) is 22.3 Å². The Kier molecular flexibility index (Phi) is 4.19. The molecular formula is C13H18ClNO3. The minimum Gasteiger partial charge on any atom is -0.495 e. The van der Waals surface area contributed by atoms with Gasteiger partial charge in [0.05, 0.1) is 31.9 Å². The topological polar surface area (TPSA) is 39.7 Å². The summed E-state index contributed by atoms with van der Waals surface area (Å²) in [4.78, 5) is 0. The predicted molar refractivity (Wildman–Crippen MR) is 71.1 cm³/mol. The van der Waals surface area contributed by atoms with Gasteiger partial charge in [-0.2, -0.15) is 0 Å². The Balaban J connectivity index is 2.59. The first-order valence-corrected chi connectivity index (χ1v) is 6.32. The zero-order valence-corrected chi connectivity index (χ0v) is 11.6. The molecule has 1 heterocycles. The number of benzene rings is 1. The second-order valence-corrected chi connectivity index (χ2v) is 4.60. The van der Waals surface area contributed by atoms with Gasteiger partial charge in [-0.15, -0.1) is 0 Å². The Morgan fingerprint density at radius 3 is 2.39 bits per heavy atom. The predicted octanol–water partition coefficient (Wildman–Crippen LogP) is 2.79. The largest absolute Gasteiger partial charge is 0.495 e. The van der Waals surface area contributed by atoms with Gasteiger partial charge >= 0.3 is 0 Å². The molecule has 1 unspecified atom stereocenters.